The largest absolute Gasteiger partial charge is 0.490 e. The van der Waals surface area contributed by atoms with Gasteiger partial charge in [-0.25, -0.2) is 0 Å². The molecule has 2 rings (SSSR count). The molecule has 8 heteroatoms. The lowest BCUT2D eigenvalue weighted by Crippen LogP contribution is -2.12. The molecule has 26 heavy (non-hydrogen) atoms. The highest BCUT2D eigenvalue weighted by atomic mass is 35.5. The first kappa shape index (κ1) is 20.9. The lowest BCUT2D eigenvalue weighted by atomic mass is 10.2. The van der Waals surface area contributed by atoms with E-state index in [0.717, 1.165) is 30.7 Å². The van der Waals surface area contributed by atoms with E-state index >= 15 is 0 Å². The molecule has 0 radical (unpaired) electrons. The van der Waals surface area contributed by atoms with Crippen molar-refractivity contribution in [3.63, 3.8) is 0 Å². The molecule has 0 saturated heterocycles. The van der Waals surface area contributed by atoms with Gasteiger partial charge in [0.25, 0.3) is 5.91 Å². The Balaban J connectivity index is 1.99. The molecule has 1 aromatic carbocycles. The maximum absolute atomic E-state index is 12.4. The number of rotatable bonds is 10. The quantitative estimate of drug-likeness (QED) is 0.482. The van der Waals surface area contributed by atoms with Crippen molar-refractivity contribution >= 4 is 45.6 Å². The lowest BCUT2D eigenvalue weighted by Gasteiger charge is -2.11. The number of aryl methyl sites for hydroxylation is 1. The van der Waals surface area contributed by atoms with Crippen molar-refractivity contribution in [1.29, 1.82) is 0 Å². The van der Waals surface area contributed by atoms with Gasteiger partial charge in [-0.15, -0.1) is 10.2 Å². The average molecular weight is 416 g/mol. The molecule has 0 spiro atoms. The number of benzene rings is 1. The molecule has 1 amide bonds. The summed E-state index contributed by atoms with van der Waals surface area (Å²) in [7, 11) is 0. The van der Waals surface area contributed by atoms with Crippen LogP contribution in [0.2, 0.25) is 10.0 Å². The van der Waals surface area contributed by atoms with E-state index < -0.39 is 0 Å². The van der Waals surface area contributed by atoms with E-state index in [2.05, 4.69) is 29.4 Å². The zero-order valence-corrected chi connectivity index (χ0v) is 17.3. The Kier molecular flexibility index (Phi) is 8.62. The maximum atomic E-state index is 12.4. The second-order valence-corrected chi connectivity index (χ2v) is 7.76. The number of carbonyl (C=O) groups excluding carboxylic acids is 1. The van der Waals surface area contributed by atoms with Crippen LogP contribution in [0.4, 0.5) is 5.13 Å². The number of amides is 1. The summed E-state index contributed by atoms with van der Waals surface area (Å²) in [6.45, 7) is 4.78. The molecule has 1 aromatic heterocycles. The minimum absolute atomic E-state index is 0.321. The summed E-state index contributed by atoms with van der Waals surface area (Å²) in [5.41, 5.74) is 0.352. The molecule has 0 aliphatic heterocycles. The van der Waals surface area contributed by atoms with Crippen LogP contribution in [0.1, 0.15) is 61.3 Å². The lowest BCUT2D eigenvalue weighted by molar-refractivity contribution is 0.102. The first-order chi connectivity index (χ1) is 12.5. The van der Waals surface area contributed by atoms with Crippen molar-refractivity contribution in [1.82, 2.24) is 10.2 Å². The number of unbranched alkanes of at least 4 members (excludes halogenated alkanes) is 3. The molecular weight excluding hydrogens is 393 g/mol. The van der Waals surface area contributed by atoms with Gasteiger partial charge in [0.05, 0.1) is 16.7 Å². The highest BCUT2D eigenvalue weighted by Gasteiger charge is 2.16. The van der Waals surface area contributed by atoms with Crippen LogP contribution in [0.15, 0.2) is 12.1 Å². The number of halogens is 2. The van der Waals surface area contributed by atoms with Gasteiger partial charge < -0.3 is 4.74 Å². The van der Waals surface area contributed by atoms with E-state index in [4.69, 9.17) is 27.9 Å². The second-order valence-electron chi connectivity index (χ2n) is 5.88. The Morgan fingerprint density at radius 1 is 1.12 bits per heavy atom. The number of nitrogens with one attached hydrogen (secondary N) is 1. The maximum Gasteiger partial charge on any atom is 0.257 e. The van der Waals surface area contributed by atoms with Crippen LogP contribution in [0.3, 0.4) is 0 Å². The van der Waals surface area contributed by atoms with Gasteiger partial charge >= 0.3 is 0 Å². The first-order valence-corrected chi connectivity index (χ1v) is 10.4. The third-order valence-electron chi connectivity index (χ3n) is 3.66. The second kappa shape index (κ2) is 10.7. The number of aromatic nitrogens is 2. The summed E-state index contributed by atoms with van der Waals surface area (Å²) in [6, 6.07) is 3.11. The van der Waals surface area contributed by atoms with Crippen LogP contribution < -0.4 is 10.1 Å². The van der Waals surface area contributed by atoms with Crippen molar-refractivity contribution < 1.29 is 9.53 Å². The fourth-order valence-corrected chi connectivity index (χ4v) is 3.75. The summed E-state index contributed by atoms with van der Waals surface area (Å²) >= 11 is 13.9. The van der Waals surface area contributed by atoms with Gasteiger partial charge in [0.2, 0.25) is 5.13 Å². The molecule has 0 saturated carbocycles. The Morgan fingerprint density at radius 3 is 2.50 bits per heavy atom. The Morgan fingerprint density at radius 2 is 1.85 bits per heavy atom. The zero-order valence-electron chi connectivity index (χ0n) is 15.0. The Hall–Kier alpha value is -1.37. The van der Waals surface area contributed by atoms with Gasteiger partial charge in [-0.1, -0.05) is 67.6 Å². The fraction of sp³-hybridized carbons (Fsp3) is 0.500. The topological polar surface area (TPSA) is 64.1 Å². The number of ether oxygens (including phenoxy) is 1. The Labute approximate surface area is 168 Å². The molecule has 1 N–H and O–H groups in total. The number of hydrogen-bond acceptors (Lipinski definition) is 5. The van der Waals surface area contributed by atoms with Gasteiger partial charge in [0.1, 0.15) is 5.01 Å². The molecule has 142 valence electrons. The monoisotopic (exact) mass is 415 g/mol. The molecule has 0 unspecified atom stereocenters. The van der Waals surface area contributed by atoms with E-state index in [-0.39, 0.29) is 5.91 Å². The van der Waals surface area contributed by atoms with Crippen LogP contribution >= 0.6 is 34.5 Å². The number of nitrogens with zero attached hydrogens (tertiary/aromatic N) is 2. The molecule has 5 nitrogen and oxygen atoms in total. The number of carbonyl (C=O) groups is 1. The molecule has 0 bridgehead atoms. The van der Waals surface area contributed by atoms with Crippen molar-refractivity contribution in [2.24, 2.45) is 0 Å². The molecule has 0 fully saturated rings. The van der Waals surface area contributed by atoms with E-state index in [1.54, 1.807) is 12.1 Å². The van der Waals surface area contributed by atoms with Gasteiger partial charge in [-0.3, -0.25) is 10.1 Å². The zero-order chi connectivity index (χ0) is 18.9. The minimum atomic E-state index is -0.331. The van der Waals surface area contributed by atoms with Crippen molar-refractivity contribution in [3.8, 4) is 5.75 Å². The first-order valence-electron chi connectivity index (χ1n) is 8.80. The summed E-state index contributed by atoms with van der Waals surface area (Å²) in [4.78, 5) is 12.4. The number of hydrogen-bond donors (Lipinski definition) is 1. The van der Waals surface area contributed by atoms with E-state index in [0.29, 0.717) is 33.1 Å². The molecule has 1 heterocycles. The van der Waals surface area contributed by atoms with Crippen LogP contribution in [-0.4, -0.2) is 22.7 Å². The third-order valence-corrected chi connectivity index (χ3v) is 5.12. The van der Waals surface area contributed by atoms with Gasteiger partial charge in [-0.2, -0.15) is 0 Å². The molecule has 2 aromatic rings. The number of anilines is 1. The molecule has 0 aliphatic rings. The molecule has 0 atom stereocenters. The van der Waals surface area contributed by atoms with E-state index in [1.807, 2.05) is 0 Å². The molecule has 0 aliphatic carbocycles. The van der Waals surface area contributed by atoms with Crippen LogP contribution in [0.5, 0.6) is 5.75 Å². The van der Waals surface area contributed by atoms with Crippen LogP contribution in [-0.2, 0) is 6.42 Å². The van der Waals surface area contributed by atoms with Crippen molar-refractivity contribution in [3.05, 3.63) is 32.7 Å². The highest BCUT2D eigenvalue weighted by Crippen LogP contribution is 2.34. The van der Waals surface area contributed by atoms with Crippen LogP contribution in [0.25, 0.3) is 0 Å². The predicted octanol–water partition coefficient (Wildman–Crippen LogP) is 6.01. The normalized spacial score (nSPS) is 10.8. The summed E-state index contributed by atoms with van der Waals surface area (Å²) < 4.78 is 5.68. The van der Waals surface area contributed by atoms with Crippen LogP contribution in [0, 0.1) is 0 Å². The third kappa shape index (κ3) is 6.11. The standard InChI is InChI=1S/C18H23Cl2N3O2S/c1-3-5-6-7-9-25-16-13(19)10-12(11-14(16)20)17(24)21-18-23-22-15(26-18)8-4-2/h10-11H,3-9H2,1-2H3,(H,21,23,24). The summed E-state index contributed by atoms with van der Waals surface area (Å²) in [5, 5.41) is 12.7. The smallest absolute Gasteiger partial charge is 0.257 e. The average Bonchev–Trinajstić information content (AvgIpc) is 3.04. The van der Waals surface area contributed by atoms with Crippen molar-refractivity contribution in [2.75, 3.05) is 11.9 Å². The predicted molar refractivity (Wildman–Crippen MR) is 108 cm³/mol. The summed E-state index contributed by atoms with van der Waals surface area (Å²) in [5.74, 6) is 0.0880. The minimum Gasteiger partial charge on any atom is -0.490 e. The SMILES string of the molecule is CCCCCCOc1c(Cl)cc(C(=O)Nc2nnc(CCC)s2)cc1Cl. The van der Waals surface area contributed by atoms with Gasteiger partial charge in [-0.05, 0) is 25.0 Å². The van der Waals surface area contributed by atoms with Gasteiger partial charge in [0, 0.05) is 12.0 Å². The van der Waals surface area contributed by atoms with Gasteiger partial charge in [0.15, 0.2) is 5.75 Å². The van der Waals surface area contributed by atoms with Crippen molar-refractivity contribution in [2.45, 2.75) is 52.4 Å². The fourth-order valence-electron chi connectivity index (χ4n) is 2.32. The summed E-state index contributed by atoms with van der Waals surface area (Å²) in [6.07, 6.45) is 6.21. The Bertz CT molecular complexity index is 714. The highest BCUT2D eigenvalue weighted by molar-refractivity contribution is 7.15. The molecular formula is C18H23Cl2N3O2S. The van der Waals surface area contributed by atoms with E-state index in [1.165, 1.54) is 24.2 Å². The van der Waals surface area contributed by atoms with E-state index in [9.17, 15) is 4.79 Å².